The maximum atomic E-state index is 11.1. The van der Waals surface area contributed by atoms with Gasteiger partial charge in [-0.1, -0.05) is 39.0 Å². The van der Waals surface area contributed by atoms with Crippen LogP contribution in [0.25, 0.3) is 0 Å². The summed E-state index contributed by atoms with van der Waals surface area (Å²) in [5.74, 6) is 0.00366. The number of hydrogen-bond donors (Lipinski definition) is 1. The van der Waals surface area contributed by atoms with Gasteiger partial charge in [-0.25, -0.2) is 4.79 Å². The van der Waals surface area contributed by atoms with E-state index in [0.29, 0.717) is 18.1 Å². The lowest BCUT2D eigenvalue weighted by Gasteiger charge is -2.10. The van der Waals surface area contributed by atoms with Crippen molar-refractivity contribution in [3.8, 4) is 11.5 Å². The average molecular weight is 280 g/mol. The zero-order chi connectivity index (χ0) is 14.8. The third-order valence-corrected chi connectivity index (χ3v) is 3.17. The van der Waals surface area contributed by atoms with Gasteiger partial charge >= 0.3 is 5.97 Å². The van der Waals surface area contributed by atoms with Crippen molar-refractivity contribution in [2.45, 2.75) is 45.4 Å². The Morgan fingerprint density at radius 3 is 2.50 bits per heavy atom. The third kappa shape index (κ3) is 5.51. The number of ether oxygens (including phenoxy) is 2. The van der Waals surface area contributed by atoms with Gasteiger partial charge in [0.1, 0.15) is 17.1 Å². The van der Waals surface area contributed by atoms with Crippen molar-refractivity contribution in [1.29, 1.82) is 0 Å². The maximum absolute atomic E-state index is 11.1. The van der Waals surface area contributed by atoms with E-state index < -0.39 is 5.97 Å². The van der Waals surface area contributed by atoms with Gasteiger partial charge in [0.2, 0.25) is 0 Å². The Balaban J connectivity index is 2.43. The topological polar surface area (TPSA) is 55.8 Å². The highest BCUT2D eigenvalue weighted by atomic mass is 16.5. The van der Waals surface area contributed by atoms with E-state index in [1.54, 1.807) is 19.2 Å². The highest BCUT2D eigenvalue weighted by Gasteiger charge is 2.12. The molecule has 0 aliphatic rings. The minimum absolute atomic E-state index is 0.178. The summed E-state index contributed by atoms with van der Waals surface area (Å²) < 4.78 is 10.7. The minimum atomic E-state index is -0.981. The van der Waals surface area contributed by atoms with Crippen LogP contribution in [0.5, 0.6) is 11.5 Å². The van der Waals surface area contributed by atoms with E-state index in [0.717, 1.165) is 12.8 Å². The lowest BCUT2D eigenvalue weighted by Crippen LogP contribution is -2.05. The zero-order valence-corrected chi connectivity index (χ0v) is 12.4. The molecule has 0 heterocycles. The molecule has 0 aliphatic heterocycles. The molecule has 0 saturated carbocycles. The summed E-state index contributed by atoms with van der Waals surface area (Å²) in [6.45, 7) is 2.74. The standard InChI is InChI=1S/C16H24O4/c1-3-4-5-6-7-8-11-20-15-12-13(19-2)9-10-14(15)16(17)18/h9-10,12H,3-8,11H2,1-2H3,(H,17,18). The van der Waals surface area contributed by atoms with Crippen LogP contribution < -0.4 is 9.47 Å². The van der Waals surface area contributed by atoms with E-state index >= 15 is 0 Å². The summed E-state index contributed by atoms with van der Waals surface area (Å²) in [6, 6.07) is 4.76. The number of rotatable bonds is 10. The first-order chi connectivity index (χ1) is 9.69. The number of hydrogen-bond acceptors (Lipinski definition) is 3. The van der Waals surface area contributed by atoms with Gasteiger partial charge in [0.15, 0.2) is 0 Å². The fraction of sp³-hybridized carbons (Fsp3) is 0.562. The van der Waals surface area contributed by atoms with Crippen molar-refractivity contribution in [3.63, 3.8) is 0 Å². The maximum Gasteiger partial charge on any atom is 0.339 e. The Bertz CT molecular complexity index is 415. The summed E-state index contributed by atoms with van der Waals surface area (Å²) in [7, 11) is 1.55. The number of unbranched alkanes of at least 4 members (excludes halogenated alkanes) is 5. The summed E-state index contributed by atoms with van der Waals surface area (Å²) >= 11 is 0. The van der Waals surface area contributed by atoms with Gasteiger partial charge in [-0.2, -0.15) is 0 Å². The van der Waals surface area contributed by atoms with Gasteiger partial charge < -0.3 is 14.6 Å². The molecule has 0 unspecified atom stereocenters. The molecule has 112 valence electrons. The van der Waals surface area contributed by atoms with Crippen molar-refractivity contribution in [1.82, 2.24) is 0 Å². The van der Waals surface area contributed by atoms with Crippen LogP contribution >= 0.6 is 0 Å². The van der Waals surface area contributed by atoms with Gasteiger partial charge in [0, 0.05) is 6.07 Å². The first-order valence-corrected chi connectivity index (χ1v) is 7.23. The molecule has 4 heteroatoms. The molecule has 0 radical (unpaired) electrons. The summed E-state index contributed by atoms with van der Waals surface area (Å²) in [5.41, 5.74) is 0.178. The van der Waals surface area contributed by atoms with Crippen LogP contribution in [-0.4, -0.2) is 24.8 Å². The number of carboxylic acid groups (broad SMARTS) is 1. The fourth-order valence-electron chi connectivity index (χ4n) is 1.99. The highest BCUT2D eigenvalue weighted by Crippen LogP contribution is 2.25. The van der Waals surface area contributed by atoms with Gasteiger partial charge in [-0.3, -0.25) is 0 Å². The second kappa shape index (κ2) is 9.23. The Kier molecular flexibility index (Phi) is 7.55. The van der Waals surface area contributed by atoms with Crippen LogP contribution in [-0.2, 0) is 0 Å². The molecule has 0 amide bonds. The summed E-state index contributed by atoms with van der Waals surface area (Å²) in [6.07, 6.45) is 7.05. The normalized spacial score (nSPS) is 10.3. The van der Waals surface area contributed by atoms with Crippen LogP contribution in [0.1, 0.15) is 55.8 Å². The largest absolute Gasteiger partial charge is 0.497 e. The average Bonchev–Trinajstić information content (AvgIpc) is 2.45. The molecule has 0 bridgehead atoms. The molecule has 0 aromatic heterocycles. The van der Waals surface area contributed by atoms with Crippen molar-refractivity contribution < 1.29 is 19.4 Å². The third-order valence-electron chi connectivity index (χ3n) is 3.17. The molecular weight excluding hydrogens is 256 g/mol. The first-order valence-electron chi connectivity index (χ1n) is 7.23. The van der Waals surface area contributed by atoms with Gasteiger partial charge in [0.25, 0.3) is 0 Å². The van der Waals surface area contributed by atoms with E-state index in [1.165, 1.54) is 31.7 Å². The number of carbonyl (C=O) groups is 1. The second-order valence-electron chi connectivity index (χ2n) is 4.78. The second-order valence-corrected chi connectivity index (χ2v) is 4.78. The molecule has 0 atom stereocenters. The molecule has 20 heavy (non-hydrogen) atoms. The Labute approximate surface area is 120 Å². The minimum Gasteiger partial charge on any atom is -0.497 e. The molecule has 1 rings (SSSR count). The van der Waals surface area contributed by atoms with E-state index in [1.807, 2.05) is 0 Å². The van der Waals surface area contributed by atoms with Crippen LogP contribution in [0.3, 0.4) is 0 Å². The van der Waals surface area contributed by atoms with Crippen LogP contribution in [0.2, 0.25) is 0 Å². The molecule has 0 saturated heterocycles. The number of methoxy groups -OCH3 is 1. The SMILES string of the molecule is CCCCCCCCOc1cc(OC)ccc1C(=O)O. The Morgan fingerprint density at radius 2 is 1.85 bits per heavy atom. The van der Waals surface area contributed by atoms with Gasteiger partial charge in [0.05, 0.1) is 13.7 Å². The monoisotopic (exact) mass is 280 g/mol. The molecule has 0 spiro atoms. The van der Waals surface area contributed by atoms with Crippen molar-refractivity contribution in [3.05, 3.63) is 23.8 Å². The van der Waals surface area contributed by atoms with Gasteiger partial charge in [-0.05, 0) is 18.6 Å². The predicted molar refractivity (Wildman–Crippen MR) is 78.8 cm³/mol. The van der Waals surface area contributed by atoms with Crippen molar-refractivity contribution >= 4 is 5.97 Å². The zero-order valence-electron chi connectivity index (χ0n) is 12.4. The molecular formula is C16H24O4. The molecule has 1 aromatic rings. The van der Waals surface area contributed by atoms with Crippen molar-refractivity contribution in [2.24, 2.45) is 0 Å². The van der Waals surface area contributed by atoms with Crippen LogP contribution in [0.15, 0.2) is 18.2 Å². The number of aromatic carboxylic acids is 1. The number of carboxylic acids is 1. The Hall–Kier alpha value is -1.71. The van der Waals surface area contributed by atoms with Crippen molar-refractivity contribution in [2.75, 3.05) is 13.7 Å². The summed E-state index contributed by atoms with van der Waals surface area (Å²) in [4.78, 5) is 11.1. The molecule has 4 nitrogen and oxygen atoms in total. The van der Waals surface area contributed by atoms with E-state index in [2.05, 4.69) is 6.92 Å². The molecule has 0 fully saturated rings. The number of benzene rings is 1. The fourth-order valence-corrected chi connectivity index (χ4v) is 1.99. The van der Waals surface area contributed by atoms with E-state index in [9.17, 15) is 4.79 Å². The first kappa shape index (κ1) is 16.3. The quantitative estimate of drug-likeness (QED) is 0.655. The molecule has 1 N–H and O–H groups in total. The lowest BCUT2D eigenvalue weighted by molar-refractivity contribution is 0.0692. The lowest BCUT2D eigenvalue weighted by atomic mass is 10.1. The van der Waals surface area contributed by atoms with Gasteiger partial charge in [-0.15, -0.1) is 0 Å². The van der Waals surface area contributed by atoms with E-state index in [4.69, 9.17) is 14.6 Å². The predicted octanol–water partition coefficient (Wildman–Crippen LogP) is 4.13. The van der Waals surface area contributed by atoms with E-state index in [-0.39, 0.29) is 5.56 Å². The van der Waals surface area contributed by atoms with Crippen LogP contribution in [0, 0.1) is 0 Å². The highest BCUT2D eigenvalue weighted by molar-refractivity contribution is 5.91. The van der Waals surface area contributed by atoms with Crippen LogP contribution in [0.4, 0.5) is 0 Å². The smallest absolute Gasteiger partial charge is 0.339 e. The summed E-state index contributed by atoms with van der Waals surface area (Å²) in [5, 5.41) is 9.11. The Morgan fingerprint density at radius 1 is 1.15 bits per heavy atom. The molecule has 0 aliphatic carbocycles. The molecule has 1 aromatic carbocycles.